The highest BCUT2D eigenvalue weighted by molar-refractivity contribution is 7.91. The molecule has 24 heavy (non-hydrogen) atoms. The summed E-state index contributed by atoms with van der Waals surface area (Å²) >= 11 is 6.04. The maximum Gasteiger partial charge on any atom is 0.319 e. The Morgan fingerprint density at radius 1 is 1.38 bits per heavy atom. The van der Waals surface area contributed by atoms with E-state index in [4.69, 9.17) is 16.3 Å². The number of carbonyl (C=O) groups is 2. The molecule has 1 saturated heterocycles. The lowest BCUT2D eigenvalue weighted by atomic mass is 10.2. The summed E-state index contributed by atoms with van der Waals surface area (Å²) in [4.78, 5) is 23.3. The molecule has 130 valence electrons. The zero-order chi connectivity index (χ0) is 17.5. The largest absolute Gasteiger partial charge is 0.480 e. The molecule has 0 radical (unpaired) electrons. The summed E-state index contributed by atoms with van der Waals surface area (Å²) in [6.07, 6.45) is -1.15. The van der Waals surface area contributed by atoms with Gasteiger partial charge in [-0.2, -0.15) is 0 Å². The Balaban J connectivity index is 1.70. The molecule has 0 unspecified atom stereocenters. The van der Waals surface area contributed by atoms with E-state index in [9.17, 15) is 23.1 Å². The number of aliphatic hydroxyl groups is 1. The van der Waals surface area contributed by atoms with Gasteiger partial charge in [-0.25, -0.2) is 13.2 Å². The molecule has 2 heterocycles. The minimum Gasteiger partial charge on any atom is -0.480 e. The molecule has 2 atom stereocenters. The summed E-state index contributed by atoms with van der Waals surface area (Å²) in [5.41, 5.74) is 0.593. The van der Waals surface area contributed by atoms with Crippen molar-refractivity contribution < 1.29 is 27.9 Å². The molecule has 1 fully saturated rings. The van der Waals surface area contributed by atoms with E-state index in [2.05, 4.69) is 16.0 Å². The van der Waals surface area contributed by atoms with E-state index in [0.717, 1.165) is 0 Å². The van der Waals surface area contributed by atoms with E-state index < -0.39 is 28.0 Å². The van der Waals surface area contributed by atoms with Gasteiger partial charge in [-0.3, -0.25) is 4.79 Å². The topological polar surface area (TPSA) is 134 Å². The van der Waals surface area contributed by atoms with Gasteiger partial charge >= 0.3 is 6.03 Å². The number of nitrogens with one attached hydrogen (secondary N) is 3. The first-order valence-electron chi connectivity index (χ1n) is 6.96. The molecule has 9 nitrogen and oxygen atoms in total. The number of anilines is 2. The molecule has 0 aliphatic carbocycles. The number of hydrogen-bond donors (Lipinski definition) is 4. The van der Waals surface area contributed by atoms with E-state index in [-0.39, 0.29) is 34.7 Å². The Morgan fingerprint density at radius 2 is 2.12 bits per heavy atom. The van der Waals surface area contributed by atoms with Crippen molar-refractivity contribution in [1.29, 1.82) is 0 Å². The lowest BCUT2D eigenvalue weighted by molar-refractivity contribution is -0.118. The van der Waals surface area contributed by atoms with Crippen LogP contribution in [-0.4, -0.2) is 55.7 Å². The van der Waals surface area contributed by atoms with Gasteiger partial charge in [-0.1, -0.05) is 11.6 Å². The van der Waals surface area contributed by atoms with E-state index in [1.54, 1.807) is 0 Å². The van der Waals surface area contributed by atoms with Gasteiger partial charge in [-0.05, 0) is 12.1 Å². The Morgan fingerprint density at radius 3 is 2.79 bits per heavy atom. The fourth-order valence-corrected chi connectivity index (χ4v) is 4.55. The van der Waals surface area contributed by atoms with Gasteiger partial charge in [-0.15, -0.1) is 0 Å². The van der Waals surface area contributed by atoms with Gasteiger partial charge in [0.2, 0.25) is 0 Å². The molecule has 2 aliphatic heterocycles. The van der Waals surface area contributed by atoms with E-state index in [1.807, 2.05) is 0 Å². The van der Waals surface area contributed by atoms with Crippen molar-refractivity contribution in [2.45, 2.75) is 12.1 Å². The lowest BCUT2D eigenvalue weighted by Crippen LogP contribution is -2.44. The van der Waals surface area contributed by atoms with Crippen LogP contribution >= 0.6 is 11.6 Å². The maximum atomic E-state index is 12.0. The van der Waals surface area contributed by atoms with Crippen molar-refractivity contribution in [3.05, 3.63) is 17.2 Å². The van der Waals surface area contributed by atoms with Crippen LogP contribution in [0.25, 0.3) is 0 Å². The number of fused-ring (bicyclic) bond motifs is 1. The monoisotopic (exact) mass is 375 g/mol. The van der Waals surface area contributed by atoms with Crippen LogP contribution in [0.1, 0.15) is 0 Å². The number of hydrogen-bond acceptors (Lipinski definition) is 6. The first-order chi connectivity index (χ1) is 11.2. The molecule has 2 aliphatic rings. The highest BCUT2D eigenvalue weighted by Crippen LogP contribution is 2.38. The zero-order valence-corrected chi connectivity index (χ0v) is 13.8. The van der Waals surface area contributed by atoms with Gasteiger partial charge < -0.3 is 25.8 Å². The average Bonchev–Trinajstić information content (AvgIpc) is 2.70. The highest BCUT2D eigenvalue weighted by Gasteiger charge is 2.37. The number of sulfone groups is 1. The minimum atomic E-state index is -3.37. The SMILES string of the molecule is O=C1COc2c(Cl)cc(NC(=O)N[C@@H]3CS(=O)(=O)C[C@H]3O)cc2N1. The Hall–Kier alpha value is -2.04. The van der Waals surface area contributed by atoms with Crippen LogP contribution < -0.4 is 20.7 Å². The van der Waals surface area contributed by atoms with Crippen LogP contribution in [0.3, 0.4) is 0 Å². The van der Waals surface area contributed by atoms with E-state index in [1.165, 1.54) is 12.1 Å². The maximum absolute atomic E-state index is 12.0. The van der Waals surface area contributed by atoms with Crippen molar-refractivity contribution in [2.24, 2.45) is 0 Å². The smallest absolute Gasteiger partial charge is 0.319 e. The minimum absolute atomic E-state index is 0.145. The van der Waals surface area contributed by atoms with Gasteiger partial charge in [0.25, 0.3) is 5.91 Å². The predicted octanol–water partition coefficient (Wildman–Crippen LogP) is -0.0497. The van der Waals surface area contributed by atoms with Crippen molar-refractivity contribution in [3.8, 4) is 5.75 Å². The molecule has 3 rings (SSSR count). The van der Waals surface area contributed by atoms with E-state index in [0.29, 0.717) is 11.4 Å². The first kappa shape index (κ1) is 16.8. The summed E-state index contributed by atoms with van der Waals surface area (Å²) in [6.45, 7) is -0.145. The van der Waals surface area contributed by atoms with Crippen molar-refractivity contribution >= 4 is 44.8 Å². The van der Waals surface area contributed by atoms with Gasteiger partial charge in [0.1, 0.15) is 0 Å². The third-order valence-electron chi connectivity index (χ3n) is 3.56. The Bertz CT molecular complexity index is 812. The first-order valence-corrected chi connectivity index (χ1v) is 9.16. The summed E-state index contributed by atoms with van der Waals surface area (Å²) in [5, 5.41) is 17.3. The number of rotatable bonds is 2. The third kappa shape index (κ3) is 3.55. The van der Waals surface area contributed by atoms with Crippen molar-refractivity contribution in [3.63, 3.8) is 0 Å². The molecular formula is C13H14ClN3O6S. The van der Waals surface area contributed by atoms with Crippen LogP contribution in [0.5, 0.6) is 5.75 Å². The standard InChI is InChI=1S/C13H14ClN3O6S/c14-7-1-6(2-8-12(7)23-3-11(19)16-8)15-13(20)17-9-4-24(21,22)5-10(9)18/h1-2,9-10,18H,3-5H2,(H,16,19)(H2,15,17,20)/t9-,10-/m1/s1. The molecule has 3 amide bonds. The lowest BCUT2D eigenvalue weighted by Gasteiger charge is -2.20. The van der Waals surface area contributed by atoms with Crippen LogP contribution in [0.2, 0.25) is 5.02 Å². The number of amides is 3. The Kier molecular flexibility index (Phi) is 4.28. The fraction of sp³-hybridized carbons (Fsp3) is 0.385. The van der Waals surface area contributed by atoms with Crippen LogP contribution in [0, 0.1) is 0 Å². The molecule has 0 spiro atoms. The van der Waals surface area contributed by atoms with Crippen LogP contribution in [0.4, 0.5) is 16.2 Å². The average molecular weight is 376 g/mol. The number of urea groups is 1. The molecule has 11 heteroatoms. The van der Waals surface area contributed by atoms with E-state index >= 15 is 0 Å². The molecule has 4 N–H and O–H groups in total. The third-order valence-corrected chi connectivity index (χ3v) is 5.56. The molecule has 0 aromatic heterocycles. The van der Waals surface area contributed by atoms with Crippen molar-refractivity contribution in [2.75, 3.05) is 28.7 Å². The van der Waals surface area contributed by atoms with Crippen LogP contribution in [-0.2, 0) is 14.6 Å². The van der Waals surface area contributed by atoms with Crippen LogP contribution in [0.15, 0.2) is 12.1 Å². The summed E-state index contributed by atoms with van der Waals surface area (Å²) in [7, 11) is -3.37. The van der Waals surface area contributed by atoms with Gasteiger partial charge in [0.05, 0.1) is 34.4 Å². The molecule has 0 bridgehead atoms. The van der Waals surface area contributed by atoms with Gasteiger partial charge in [0, 0.05) is 5.69 Å². The molecule has 1 aromatic rings. The molecule has 0 saturated carbocycles. The molecular weight excluding hydrogens is 362 g/mol. The highest BCUT2D eigenvalue weighted by atomic mass is 35.5. The summed E-state index contributed by atoms with van der Waals surface area (Å²) in [5.74, 6) is -0.749. The second-order valence-corrected chi connectivity index (χ2v) is 8.08. The Labute approximate surface area is 142 Å². The quantitative estimate of drug-likeness (QED) is 0.572. The number of carbonyl (C=O) groups excluding carboxylic acids is 2. The number of benzene rings is 1. The summed E-state index contributed by atoms with van der Waals surface area (Å²) in [6, 6.07) is 1.31. The van der Waals surface area contributed by atoms with Crippen molar-refractivity contribution in [1.82, 2.24) is 5.32 Å². The number of aliphatic hydroxyl groups excluding tert-OH is 1. The predicted molar refractivity (Wildman–Crippen MR) is 86.2 cm³/mol. The number of halogens is 1. The molecule has 1 aromatic carbocycles. The number of ether oxygens (including phenoxy) is 1. The second-order valence-electron chi connectivity index (χ2n) is 5.52. The second kappa shape index (κ2) is 6.11. The normalized spacial score (nSPS) is 24.5. The fourth-order valence-electron chi connectivity index (χ4n) is 2.53. The zero-order valence-electron chi connectivity index (χ0n) is 12.2. The van der Waals surface area contributed by atoms with Gasteiger partial charge in [0.15, 0.2) is 22.2 Å². The summed E-state index contributed by atoms with van der Waals surface area (Å²) < 4.78 is 28.0.